The maximum Gasteiger partial charge on any atom is 0.367 e. The maximum atomic E-state index is 11.5. The van der Waals surface area contributed by atoms with Gasteiger partial charge in [-0.25, -0.2) is 9.78 Å². The Morgan fingerprint density at radius 1 is 1.55 bits per heavy atom. The van der Waals surface area contributed by atoms with Gasteiger partial charge in [-0.15, -0.1) is 11.3 Å². The molecule has 108 valence electrons. The van der Waals surface area contributed by atoms with Gasteiger partial charge in [0.1, 0.15) is 12.5 Å². The molecule has 2 rings (SSSR count). The normalized spacial score (nSPS) is 20.2. The number of nitrogens with zero attached hydrogens (tertiary/aromatic N) is 2. The van der Waals surface area contributed by atoms with Gasteiger partial charge in [-0.2, -0.15) is 0 Å². The van der Waals surface area contributed by atoms with Crippen LogP contribution in [0.15, 0.2) is 5.38 Å². The van der Waals surface area contributed by atoms with Gasteiger partial charge in [-0.1, -0.05) is 0 Å². The van der Waals surface area contributed by atoms with Crippen molar-refractivity contribution in [3.63, 3.8) is 0 Å². The molecule has 20 heavy (non-hydrogen) atoms. The predicted octanol–water partition coefficient (Wildman–Crippen LogP) is 1.03. The largest absolute Gasteiger partial charge is 0.461 e. The molecular formula is C11H12N2O6S. The van der Waals surface area contributed by atoms with Crippen LogP contribution in [0.4, 0.5) is 0 Å². The molecular weight excluding hydrogens is 288 g/mol. The second-order valence-corrected chi connectivity index (χ2v) is 5.03. The summed E-state index contributed by atoms with van der Waals surface area (Å²) in [6, 6.07) is -0.826. The summed E-state index contributed by atoms with van der Waals surface area (Å²) in [5, 5.41) is 12.2. The number of ether oxygens (including phenoxy) is 2. The second kappa shape index (κ2) is 5.95. The molecule has 0 amide bonds. The van der Waals surface area contributed by atoms with Crippen LogP contribution in [0.1, 0.15) is 28.8 Å². The molecule has 0 bridgehead atoms. The van der Waals surface area contributed by atoms with Crippen LogP contribution in [-0.4, -0.2) is 34.5 Å². The fourth-order valence-electron chi connectivity index (χ4n) is 1.58. The topological polar surface area (TPSA) is 109 Å². The summed E-state index contributed by atoms with van der Waals surface area (Å²) in [6.07, 6.45) is 0.219. The third-order valence-electron chi connectivity index (χ3n) is 2.69. The Bertz CT molecular complexity index is 543. The van der Waals surface area contributed by atoms with Crippen molar-refractivity contribution < 1.29 is 24.0 Å². The first-order valence-electron chi connectivity index (χ1n) is 5.94. The van der Waals surface area contributed by atoms with Crippen LogP contribution >= 0.6 is 11.3 Å². The number of carbonyl (C=O) groups excluding carboxylic acids is 2. The molecule has 1 saturated carbocycles. The number of aromatic nitrogens is 1. The van der Waals surface area contributed by atoms with Crippen LogP contribution < -0.4 is 0 Å². The van der Waals surface area contributed by atoms with Crippen LogP contribution in [0, 0.1) is 16.0 Å². The first kappa shape index (κ1) is 14.4. The van der Waals surface area contributed by atoms with E-state index >= 15 is 0 Å². The van der Waals surface area contributed by atoms with Crippen molar-refractivity contribution in [1.82, 2.24) is 4.98 Å². The maximum absolute atomic E-state index is 11.5. The first-order chi connectivity index (χ1) is 9.52. The van der Waals surface area contributed by atoms with Gasteiger partial charge in [0.05, 0.1) is 12.3 Å². The molecule has 2 unspecified atom stereocenters. The molecule has 0 N–H and O–H groups in total. The highest BCUT2D eigenvalue weighted by Crippen LogP contribution is 2.34. The van der Waals surface area contributed by atoms with Gasteiger partial charge >= 0.3 is 11.9 Å². The lowest BCUT2D eigenvalue weighted by Crippen LogP contribution is -2.13. The average Bonchev–Trinajstić information content (AvgIpc) is 3.08. The highest BCUT2D eigenvalue weighted by molar-refractivity contribution is 7.11. The Kier molecular flexibility index (Phi) is 4.28. The van der Waals surface area contributed by atoms with Crippen LogP contribution in [-0.2, 0) is 20.9 Å². The third kappa shape index (κ3) is 3.29. The van der Waals surface area contributed by atoms with Gasteiger partial charge in [-0.05, 0) is 6.92 Å². The molecule has 1 aromatic rings. The summed E-state index contributed by atoms with van der Waals surface area (Å²) in [7, 11) is 0. The van der Waals surface area contributed by atoms with E-state index < -0.39 is 28.8 Å². The Morgan fingerprint density at radius 2 is 2.30 bits per heavy atom. The standard InChI is InChI=1S/C11H12N2O6S/c1-2-18-11(15)9-12-6(5-20-9)4-19-10(14)7-3-8(7)13(16)17/h5,7-8H,2-4H2,1H3. The zero-order chi connectivity index (χ0) is 14.7. The summed E-state index contributed by atoms with van der Waals surface area (Å²) in [5.41, 5.74) is 0.421. The number of carbonyl (C=O) groups is 2. The molecule has 1 fully saturated rings. The fourth-order valence-corrected chi connectivity index (χ4v) is 2.27. The highest BCUT2D eigenvalue weighted by atomic mass is 32.1. The molecule has 8 nitrogen and oxygen atoms in total. The molecule has 0 saturated heterocycles. The minimum absolute atomic E-state index is 0.102. The highest BCUT2D eigenvalue weighted by Gasteiger charge is 2.54. The molecule has 1 heterocycles. The van der Waals surface area contributed by atoms with Crippen LogP contribution in [0.3, 0.4) is 0 Å². The van der Waals surface area contributed by atoms with E-state index in [1.165, 1.54) is 0 Å². The Balaban J connectivity index is 1.81. The van der Waals surface area contributed by atoms with E-state index in [2.05, 4.69) is 4.98 Å². The average molecular weight is 300 g/mol. The van der Waals surface area contributed by atoms with E-state index in [1.54, 1.807) is 12.3 Å². The van der Waals surface area contributed by atoms with Crippen molar-refractivity contribution >= 4 is 23.3 Å². The molecule has 1 aliphatic carbocycles. The number of rotatable bonds is 6. The van der Waals surface area contributed by atoms with E-state index in [-0.39, 0.29) is 24.6 Å². The SMILES string of the molecule is CCOC(=O)c1nc(COC(=O)C2CC2[N+](=O)[O-])cs1. The molecule has 1 aromatic heterocycles. The van der Waals surface area contributed by atoms with Crippen LogP contribution in [0.5, 0.6) is 0 Å². The van der Waals surface area contributed by atoms with E-state index in [1.807, 2.05) is 0 Å². The lowest BCUT2D eigenvalue weighted by atomic mass is 10.4. The van der Waals surface area contributed by atoms with Crippen molar-refractivity contribution in [2.75, 3.05) is 6.61 Å². The van der Waals surface area contributed by atoms with E-state index in [0.29, 0.717) is 5.69 Å². The van der Waals surface area contributed by atoms with Gasteiger partial charge < -0.3 is 9.47 Å². The molecule has 1 aliphatic rings. The number of esters is 2. The number of hydrogen-bond acceptors (Lipinski definition) is 8. The van der Waals surface area contributed by atoms with E-state index in [9.17, 15) is 19.7 Å². The van der Waals surface area contributed by atoms with Crippen LogP contribution in [0.2, 0.25) is 0 Å². The molecule has 0 radical (unpaired) electrons. The zero-order valence-electron chi connectivity index (χ0n) is 10.6. The van der Waals surface area contributed by atoms with Gasteiger partial charge in [0.15, 0.2) is 0 Å². The van der Waals surface area contributed by atoms with Gasteiger partial charge in [0.25, 0.3) is 0 Å². The van der Waals surface area contributed by atoms with Crippen molar-refractivity contribution in [2.45, 2.75) is 26.0 Å². The molecule has 2 atom stereocenters. The molecule has 0 aliphatic heterocycles. The lowest BCUT2D eigenvalue weighted by molar-refractivity contribution is -0.497. The van der Waals surface area contributed by atoms with Crippen molar-refractivity contribution in [2.24, 2.45) is 5.92 Å². The summed E-state index contributed by atoms with van der Waals surface area (Å²) >= 11 is 1.09. The Hall–Kier alpha value is -2.03. The number of thiazole rings is 1. The Labute approximate surface area is 117 Å². The van der Waals surface area contributed by atoms with Crippen molar-refractivity contribution in [1.29, 1.82) is 0 Å². The molecule has 0 aromatic carbocycles. The van der Waals surface area contributed by atoms with E-state index in [0.717, 1.165) is 11.3 Å². The first-order valence-corrected chi connectivity index (χ1v) is 6.82. The van der Waals surface area contributed by atoms with Gasteiger partial charge in [0, 0.05) is 16.7 Å². The molecule has 9 heteroatoms. The van der Waals surface area contributed by atoms with Crippen LogP contribution in [0.25, 0.3) is 0 Å². The lowest BCUT2D eigenvalue weighted by Gasteiger charge is -2.00. The van der Waals surface area contributed by atoms with Crippen molar-refractivity contribution in [3.05, 3.63) is 26.2 Å². The minimum atomic E-state index is -0.826. The number of nitro groups is 1. The third-order valence-corrected chi connectivity index (χ3v) is 3.57. The summed E-state index contributed by atoms with van der Waals surface area (Å²) in [4.78, 5) is 36.8. The van der Waals surface area contributed by atoms with Gasteiger partial charge in [0.2, 0.25) is 11.0 Å². The molecule has 0 spiro atoms. The second-order valence-electron chi connectivity index (χ2n) is 4.17. The minimum Gasteiger partial charge on any atom is -0.461 e. The summed E-state index contributed by atoms with van der Waals surface area (Å²) < 4.78 is 9.72. The monoisotopic (exact) mass is 300 g/mol. The summed E-state index contributed by atoms with van der Waals surface area (Å²) in [6.45, 7) is 1.85. The Morgan fingerprint density at radius 3 is 2.90 bits per heavy atom. The van der Waals surface area contributed by atoms with E-state index in [4.69, 9.17) is 9.47 Å². The fraction of sp³-hybridized carbons (Fsp3) is 0.545. The predicted molar refractivity (Wildman–Crippen MR) is 66.8 cm³/mol. The smallest absolute Gasteiger partial charge is 0.367 e. The number of hydrogen-bond donors (Lipinski definition) is 0. The zero-order valence-corrected chi connectivity index (χ0v) is 11.4. The summed E-state index contributed by atoms with van der Waals surface area (Å²) in [5.74, 6) is -1.78. The quantitative estimate of drug-likeness (QED) is 0.438. The van der Waals surface area contributed by atoms with Crippen molar-refractivity contribution in [3.8, 4) is 0 Å². The van der Waals surface area contributed by atoms with Gasteiger partial charge in [-0.3, -0.25) is 14.9 Å².